The Morgan fingerprint density at radius 2 is 0.548 bits per heavy atom. The fourth-order valence-electron chi connectivity index (χ4n) is 7.73. The molecule has 0 heterocycles. The minimum absolute atomic E-state index is 0.111. The van der Waals surface area contributed by atoms with E-state index in [0.29, 0.717) is 19.3 Å². The van der Waals surface area contributed by atoms with Crippen LogP contribution in [-0.2, 0) is 28.6 Å². The van der Waals surface area contributed by atoms with Crippen molar-refractivity contribution in [3.05, 3.63) is 134 Å². The number of ether oxygens (including phenoxy) is 3. The zero-order chi connectivity index (χ0) is 52.9. The SMILES string of the molecule is CC/C=C\C/C=C\C/C=C\C/C=C\C/C=C\C/C=C\C/C=C\CCCC(=O)OCC(COC(=O)CCCCCCC/C=C\C/C=C\C/C=C\CC)OC(=O)CCCCCCCCC/C=C\CCCCCCCC. The standard InChI is InChI=1S/C67H108O6/c1-4-7-10-13-16-19-22-25-28-30-31-32-33-34-35-37-39-42-45-48-51-54-57-60-66(69)72-63-64(62-71-65(68)59-56-53-50-47-44-41-38-27-24-21-18-15-12-9-6-3)73-67(70)61-58-55-52-49-46-43-40-36-29-26-23-20-17-14-11-8-5-2/h7,9-10,12,16,18-19,21,25-29,31-32,34-35,38-39,42,48,51,64H,4-6,8,11,13-15,17,20,22-24,30,33,36-37,40-41,43-47,49-50,52-63H2,1-3H3/b10-7-,12-9-,19-16-,21-18-,28-25-,29-26-,32-31-,35-34-,38-27-,42-39-,51-48-. The minimum atomic E-state index is -0.817. The number of hydrogen-bond donors (Lipinski definition) is 0. The molecule has 0 radical (unpaired) electrons. The molecule has 0 fully saturated rings. The summed E-state index contributed by atoms with van der Waals surface area (Å²) in [5, 5.41) is 0. The maximum atomic E-state index is 12.9. The van der Waals surface area contributed by atoms with Gasteiger partial charge in [0.25, 0.3) is 0 Å². The maximum Gasteiger partial charge on any atom is 0.306 e. The Morgan fingerprint density at radius 1 is 0.288 bits per heavy atom. The predicted molar refractivity (Wildman–Crippen MR) is 316 cm³/mol. The highest BCUT2D eigenvalue weighted by atomic mass is 16.6. The average molecular weight is 1010 g/mol. The van der Waals surface area contributed by atoms with Crippen molar-refractivity contribution in [3.63, 3.8) is 0 Å². The number of allylic oxidation sites excluding steroid dienone is 22. The number of rotatable bonds is 52. The summed E-state index contributed by atoms with van der Waals surface area (Å²) in [5.41, 5.74) is 0. The summed E-state index contributed by atoms with van der Waals surface area (Å²) >= 11 is 0. The summed E-state index contributed by atoms with van der Waals surface area (Å²) in [6, 6.07) is 0. The molecular weight excluding hydrogens is 901 g/mol. The fourth-order valence-corrected chi connectivity index (χ4v) is 7.73. The third-order valence-electron chi connectivity index (χ3n) is 12.1. The number of hydrogen-bond acceptors (Lipinski definition) is 6. The van der Waals surface area contributed by atoms with Gasteiger partial charge in [0, 0.05) is 19.3 Å². The van der Waals surface area contributed by atoms with Crippen LogP contribution in [0.5, 0.6) is 0 Å². The second-order valence-electron chi connectivity index (χ2n) is 19.1. The van der Waals surface area contributed by atoms with Crippen molar-refractivity contribution in [2.45, 2.75) is 258 Å². The molecule has 0 aromatic rings. The van der Waals surface area contributed by atoms with Crippen LogP contribution in [0.3, 0.4) is 0 Å². The van der Waals surface area contributed by atoms with E-state index >= 15 is 0 Å². The molecule has 0 aliphatic heterocycles. The van der Waals surface area contributed by atoms with Gasteiger partial charge in [-0.3, -0.25) is 14.4 Å². The smallest absolute Gasteiger partial charge is 0.306 e. The molecule has 1 unspecified atom stereocenters. The van der Waals surface area contributed by atoms with Gasteiger partial charge in [-0.15, -0.1) is 0 Å². The monoisotopic (exact) mass is 1010 g/mol. The van der Waals surface area contributed by atoms with Crippen molar-refractivity contribution in [2.24, 2.45) is 0 Å². The summed E-state index contributed by atoms with van der Waals surface area (Å²) in [6.07, 6.45) is 84.5. The molecule has 6 nitrogen and oxygen atoms in total. The topological polar surface area (TPSA) is 78.9 Å². The van der Waals surface area contributed by atoms with E-state index < -0.39 is 6.10 Å². The van der Waals surface area contributed by atoms with Crippen molar-refractivity contribution in [2.75, 3.05) is 13.2 Å². The number of carbonyl (C=O) groups is 3. The highest BCUT2D eigenvalue weighted by Crippen LogP contribution is 2.14. The highest BCUT2D eigenvalue weighted by molar-refractivity contribution is 5.71. The quantitative estimate of drug-likeness (QED) is 0.0261. The van der Waals surface area contributed by atoms with Gasteiger partial charge in [0.05, 0.1) is 0 Å². The third kappa shape index (κ3) is 58.3. The number of unbranched alkanes of at least 4 members (excludes halogenated alkanes) is 19. The minimum Gasteiger partial charge on any atom is -0.462 e. The molecule has 0 rings (SSSR count). The number of esters is 3. The van der Waals surface area contributed by atoms with Crippen LogP contribution in [0.25, 0.3) is 0 Å². The van der Waals surface area contributed by atoms with Gasteiger partial charge in [-0.25, -0.2) is 0 Å². The first kappa shape index (κ1) is 68.6. The molecule has 0 saturated heterocycles. The Kier molecular flexibility index (Phi) is 56.4. The molecule has 0 amide bonds. The Bertz CT molecular complexity index is 1580. The van der Waals surface area contributed by atoms with Gasteiger partial charge in [0.1, 0.15) is 13.2 Å². The first-order valence-corrected chi connectivity index (χ1v) is 29.7. The van der Waals surface area contributed by atoms with Crippen LogP contribution in [0.4, 0.5) is 0 Å². The lowest BCUT2D eigenvalue weighted by molar-refractivity contribution is -0.167. The highest BCUT2D eigenvalue weighted by Gasteiger charge is 2.19. The summed E-state index contributed by atoms with van der Waals surface area (Å²) < 4.78 is 16.8. The van der Waals surface area contributed by atoms with Crippen LogP contribution in [0, 0.1) is 0 Å². The van der Waals surface area contributed by atoms with Gasteiger partial charge in [0.2, 0.25) is 0 Å². The lowest BCUT2D eigenvalue weighted by Gasteiger charge is -2.18. The Balaban J connectivity index is 4.52. The van der Waals surface area contributed by atoms with Crippen LogP contribution < -0.4 is 0 Å². The molecule has 0 aromatic carbocycles. The Hall–Kier alpha value is -4.45. The summed E-state index contributed by atoms with van der Waals surface area (Å²) in [5.74, 6) is -0.994. The predicted octanol–water partition coefficient (Wildman–Crippen LogP) is 20.2. The van der Waals surface area contributed by atoms with Crippen LogP contribution >= 0.6 is 0 Å². The van der Waals surface area contributed by atoms with E-state index in [-0.39, 0.29) is 37.5 Å². The van der Waals surface area contributed by atoms with Crippen molar-refractivity contribution < 1.29 is 28.6 Å². The van der Waals surface area contributed by atoms with E-state index in [0.717, 1.165) is 128 Å². The van der Waals surface area contributed by atoms with Gasteiger partial charge in [-0.05, 0) is 128 Å². The largest absolute Gasteiger partial charge is 0.462 e. The summed E-state index contributed by atoms with van der Waals surface area (Å²) in [7, 11) is 0. The van der Waals surface area contributed by atoms with Crippen LogP contribution in [0.2, 0.25) is 0 Å². The molecule has 0 aliphatic carbocycles. The molecule has 0 spiro atoms. The Labute approximate surface area is 449 Å². The van der Waals surface area contributed by atoms with Crippen LogP contribution in [-0.4, -0.2) is 37.2 Å². The molecule has 73 heavy (non-hydrogen) atoms. The second kappa shape index (κ2) is 60.1. The molecule has 0 aliphatic rings. The van der Waals surface area contributed by atoms with Crippen molar-refractivity contribution in [1.29, 1.82) is 0 Å². The van der Waals surface area contributed by atoms with Gasteiger partial charge in [-0.2, -0.15) is 0 Å². The van der Waals surface area contributed by atoms with Crippen molar-refractivity contribution in [1.82, 2.24) is 0 Å². The first-order chi connectivity index (χ1) is 36.0. The molecule has 412 valence electrons. The van der Waals surface area contributed by atoms with Gasteiger partial charge >= 0.3 is 17.9 Å². The van der Waals surface area contributed by atoms with E-state index in [1.54, 1.807) is 0 Å². The molecule has 0 aromatic heterocycles. The molecule has 0 bridgehead atoms. The van der Waals surface area contributed by atoms with Gasteiger partial charge in [0.15, 0.2) is 6.10 Å². The molecule has 0 saturated carbocycles. The van der Waals surface area contributed by atoms with Gasteiger partial charge < -0.3 is 14.2 Å². The third-order valence-corrected chi connectivity index (χ3v) is 12.1. The van der Waals surface area contributed by atoms with Crippen molar-refractivity contribution in [3.8, 4) is 0 Å². The lowest BCUT2D eigenvalue weighted by atomic mass is 10.1. The fraction of sp³-hybridized carbons (Fsp3) is 0.627. The number of carbonyl (C=O) groups excluding carboxylic acids is 3. The zero-order valence-corrected chi connectivity index (χ0v) is 47.1. The molecule has 1 atom stereocenters. The van der Waals surface area contributed by atoms with E-state index in [2.05, 4.69) is 154 Å². The summed E-state index contributed by atoms with van der Waals surface area (Å²) in [4.78, 5) is 38.2. The van der Waals surface area contributed by atoms with Crippen molar-refractivity contribution >= 4 is 17.9 Å². The van der Waals surface area contributed by atoms with Crippen LogP contribution in [0.1, 0.15) is 252 Å². The molecular formula is C67H108O6. The normalized spacial score (nSPS) is 13.1. The second-order valence-corrected chi connectivity index (χ2v) is 19.1. The first-order valence-electron chi connectivity index (χ1n) is 29.7. The van der Waals surface area contributed by atoms with Crippen LogP contribution in [0.15, 0.2) is 134 Å². The van der Waals surface area contributed by atoms with E-state index in [1.807, 2.05) is 0 Å². The van der Waals surface area contributed by atoms with Gasteiger partial charge in [-0.1, -0.05) is 238 Å². The molecule has 0 N–H and O–H groups in total. The average Bonchev–Trinajstić information content (AvgIpc) is 3.39. The lowest BCUT2D eigenvalue weighted by Crippen LogP contribution is -2.30. The summed E-state index contributed by atoms with van der Waals surface area (Å²) in [6.45, 7) is 6.34. The Morgan fingerprint density at radius 3 is 0.904 bits per heavy atom. The maximum absolute atomic E-state index is 12.9. The zero-order valence-electron chi connectivity index (χ0n) is 47.1. The van der Waals surface area contributed by atoms with E-state index in [9.17, 15) is 14.4 Å². The van der Waals surface area contributed by atoms with E-state index in [1.165, 1.54) is 77.0 Å². The van der Waals surface area contributed by atoms with E-state index in [4.69, 9.17) is 14.2 Å². The molecule has 6 heteroatoms.